The largest absolute Gasteiger partial charge is 0.481 e. The van der Waals surface area contributed by atoms with Crippen LogP contribution in [0.2, 0.25) is 10.0 Å². The number of amides is 1. The molecule has 0 bridgehead atoms. The Bertz CT molecular complexity index is 1420. The van der Waals surface area contributed by atoms with Crippen LogP contribution in [-0.4, -0.2) is 27.0 Å². The van der Waals surface area contributed by atoms with Crippen molar-refractivity contribution in [3.8, 4) is 11.3 Å². The Hall–Kier alpha value is -3.48. The van der Waals surface area contributed by atoms with Gasteiger partial charge in [0.1, 0.15) is 0 Å². The average molecular weight is 536 g/mol. The number of benzene rings is 3. The number of aliphatic carboxylic acids is 1. The van der Waals surface area contributed by atoms with Gasteiger partial charge in [-0.2, -0.15) is 0 Å². The molecule has 0 aliphatic rings. The molecule has 0 radical (unpaired) electrons. The minimum absolute atomic E-state index is 0.203. The minimum Gasteiger partial charge on any atom is -0.481 e. The molecule has 0 aliphatic heterocycles. The molecule has 0 aliphatic carbocycles. The Kier molecular flexibility index (Phi) is 8.41. The van der Waals surface area contributed by atoms with Crippen molar-refractivity contribution in [1.82, 2.24) is 15.3 Å². The predicted octanol–water partition coefficient (Wildman–Crippen LogP) is 7.14. The van der Waals surface area contributed by atoms with Crippen LogP contribution in [0.1, 0.15) is 54.3 Å². The van der Waals surface area contributed by atoms with E-state index < -0.39 is 11.9 Å². The first-order chi connectivity index (χ1) is 17.7. The van der Waals surface area contributed by atoms with Gasteiger partial charge in [-0.1, -0.05) is 54.4 Å². The van der Waals surface area contributed by atoms with Gasteiger partial charge in [-0.05, 0) is 74.2 Å². The topological polar surface area (TPSA) is 92.2 Å². The molecule has 6 nitrogen and oxygen atoms in total. The Morgan fingerprint density at radius 3 is 2.19 bits per heavy atom. The number of carboxylic acid groups (broad SMARTS) is 1. The Labute approximate surface area is 225 Å². The highest BCUT2D eigenvalue weighted by Crippen LogP contribution is 2.27. The fourth-order valence-corrected chi connectivity index (χ4v) is 4.31. The summed E-state index contributed by atoms with van der Waals surface area (Å²) < 4.78 is 0. The molecule has 1 unspecified atom stereocenters. The number of aromatic nitrogens is 2. The van der Waals surface area contributed by atoms with E-state index in [0.29, 0.717) is 45.9 Å². The fourth-order valence-electron chi connectivity index (χ4n) is 4.06. The first kappa shape index (κ1) is 26.6. The highest BCUT2D eigenvalue weighted by atomic mass is 35.5. The molecule has 1 amide bonds. The van der Waals surface area contributed by atoms with Crippen LogP contribution in [0.5, 0.6) is 0 Å². The summed E-state index contributed by atoms with van der Waals surface area (Å²) in [6, 6.07) is 19.8. The molecule has 8 heteroatoms. The Morgan fingerprint density at radius 1 is 0.892 bits per heavy atom. The van der Waals surface area contributed by atoms with E-state index in [-0.39, 0.29) is 11.9 Å². The molecule has 4 aromatic rings. The summed E-state index contributed by atoms with van der Waals surface area (Å²) in [6.45, 7) is 3.61. The molecular formula is C29H27Cl2N3O3. The zero-order chi connectivity index (χ0) is 26.5. The number of hydrogen-bond donors (Lipinski definition) is 2. The van der Waals surface area contributed by atoms with Crippen molar-refractivity contribution in [2.24, 2.45) is 5.92 Å². The van der Waals surface area contributed by atoms with Crippen LogP contribution in [0.25, 0.3) is 22.3 Å². The number of nitrogens with zero attached hydrogens (tertiary/aromatic N) is 2. The summed E-state index contributed by atoms with van der Waals surface area (Å²) in [5.41, 5.74) is 5.04. The third kappa shape index (κ3) is 6.64. The number of fused-ring (bicyclic) bond motifs is 1. The third-order valence-electron chi connectivity index (χ3n) is 6.31. The van der Waals surface area contributed by atoms with Crippen LogP contribution in [0.4, 0.5) is 0 Å². The number of rotatable bonds is 9. The number of nitrogens with one attached hydrogen (secondary N) is 1. The SMILES string of the molecule is CC(CCCc1nc2cc(C(=O)N[C@@H](C)c3ccc(Cl)cc3)ccc2nc1-c1ccc(Cl)cc1)C(=O)O. The summed E-state index contributed by atoms with van der Waals surface area (Å²) in [7, 11) is 0. The Balaban J connectivity index is 1.63. The molecule has 0 spiro atoms. The molecule has 190 valence electrons. The maximum absolute atomic E-state index is 13.0. The van der Waals surface area contributed by atoms with Crippen molar-refractivity contribution < 1.29 is 14.7 Å². The summed E-state index contributed by atoms with van der Waals surface area (Å²) in [5, 5.41) is 13.5. The van der Waals surface area contributed by atoms with Crippen LogP contribution in [0.15, 0.2) is 66.7 Å². The molecule has 3 aromatic carbocycles. The maximum atomic E-state index is 13.0. The first-order valence-corrected chi connectivity index (χ1v) is 12.8. The second-order valence-electron chi connectivity index (χ2n) is 9.11. The average Bonchev–Trinajstić information content (AvgIpc) is 2.88. The smallest absolute Gasteiger partial charge is 0.306 e. The van der Waals surface area contributed by atoms with E-state index in [1.165, 1.54) is 0 Å². The zero-order valence-corrected chi connectivity index (χ0v) is 22.1. The van der Waals surface area contributed by atoms with E-state index in [1.807, 2.05) is 31.2 Å². The molecule has 37 heavy (non-hydrogen) atoms. The second-order valence-corrected chi connectivity index (χ2v) is 9.98. The van der Waals surface area contributed by atoms with Crippen molar-refractivity contribution in [3.63, 3.8) is 0 Å². The quantitative estimate of drug-likeness (QED) is 0.237. The van der Waals surface area contributed by atoms with E-state index in [0.717, 1.165) is 22.5 Å². The second kappa shape index (κ2) is 11.7. The highest BCUT2D eigenvalue weighted by molar-refractivity contribution is 6.30. The van der Waals surface area contributed by atoms with Crippen LogP contribution in [-0.2, 0) is 11.2 Å². The lowest BCUT2D eigenvalue weighted by Crippen LogP contribution is -2.26. The molecular weight excluding hydrogens is 509 g/mol. The van der Waals surface area contributed by atoms with Crippen molar-refractivity contribution in [2.75, 3.05) is 0 Å². The summed E-state index contributed by atoms with van der Waals surface area (Å²) in [4.78, 5) is 34.0. The molecule has 4 rings (SSSR count). The molecule has 1 heterocycles. The number of hydrogen-bond acceptors (Lipinski definition) is 4. The fraction of sp³-hybridized carbons (Fsp3) is 0.241. The Morgan fingerprint density at radius 2 is 1.54 bits per heavy atom. The van der Waals surface area contributed by atoms with Gasteiger partial charge in [0.25, 0.3) is 5.91 Å². The van der Waals surface area contributed by atoms with E-state index in [2.05, 4.69) is 5.32 Å². The van der Waals surface area contributed by atoms with E-state index in [1.54, 1.807) is 49.4 Å². The number of carboxylic acids is 1. The van der Waals surface area contributed by atoms with Gasteiger partial charge in [0.2, 0.25) is 0 Å². The van der Waals surface area contributed by atoms with Crippen molar-refractivity contribution in [2.45, 2.75) is 39.2 Å². The molecule has 1 aromatic heterocycles. The van der Waals surface area contributed by atoms with Gasteiger partial charge in [0.05, 0.1) is 34.4 Å². The van der Waals surface area contributed by atoms with E-state index >= 15 is 0 Å². The summed E-state index contributed by atoms with van der Waals surface area (Å²) >= 11 is 12.0. The van der Waals surface area contributed by atoms with E-state index in [4.69, 9.17) is 33.2 Å². The van der Waals surface area contributed by atoms with Gasteiger partial charge >= 0.3 is 5.97 Å². The van der Waals surface area contributed by atoms with Gasteiger partial charge in [0, 0.05) is 21.2 Å². The number of aryl methyl sites for hydroxylation is 1. The third-order valence-corrected chi connectivity index (χ3v) is 6.81. The lowest BCUT2D eigenvalue weighted by molar-refractivity contribution is -0.141. The maximum Gasteiger partial charge on any atom is 0.306 e. The lowest BCUT2D eigenvalue weighted by Gasteiger charge is -2.15. The minimum atomic E-state index is -0.814. The van der Waals surface area contributed by atoms with Gasteiger partial charge in [0.15, 0.2) is 0 Å². The summed E-state index contributed by atoms with van der Waals surface area (Å²) in [5.74, 6) is -1.47. The monoisotopic (exact) mass is 535 g/mol. The number of carbonyl (C=O) groups excluding carboxylic acids is 1. The standard InChI is InChI=1S/C29H27Cl2N3O3/c1-17(29(36)37)4-3-5-25-27(20-8-13-23(31)14-9-20)34-24-15-10-21(16-26(24)33-25)28(35)32-18(2)19-6-11-22(30)12-7-19/h6-18H,3-5H2,1-2H3,(H,32,35)(H,36,37)/t17?,18-/m0/s1. The summed E-state index contributed by atoms with van der Waals surface area (Å²) in [6.07, 6.45) is 1.73. The first-order valence-electron chi connectivity index (χ1n) is 12.1. The van der Waals surface area contributed by atoms with Gasteiger partial charge in [-0.25, -0.2) is 9.97 Å². The number of carbonyl (C=O) groups is 2. The van der Waals surface area contributed by atoms with Crippen molar-refractivity contribution >= 4 is 46.1 Å². The normalized spacial score (nSPS) is 12.8. The van der Waals surface area contributed by atoms with Crippen LogP contribution in [0, 0.1) is 5.92 Å². The van der Waals surface area contributed by atoms with Crippen LogP contribution < -0.4 is 5.32 Å². The van der Waals surface area contributed by atoms with E-state index in [9.17, 15) is 14.7 Å². The molecule has 0 saturated carbocycles. The molecule has 0 fully saturated rings. The predicted molar refractivity (Wildman–Crippen MR) is 147 cm³/mol. The van der Waals surface area contributed by atoms with Gasteiger partial charge in [-0.3, -0.25) is 9.59 Å². The van der Waals surface area contributed by atoms with Crippen LogP contribution in [0.3, 0.4) is 0 Å². The molecule has 2 atom stereocenters. The van der Waals surface area contributed by atoms with Crippen molar-refractivity contribution in [3.05, 3.63) is 93.6 Å². The molecule has 0 saturated heterocycles. The zero-order valence-electron chi connectivity index (χ0n) is 20.5. The molecule has 2 N–H and O–H groups in total. The lowest BCUT2D eigenvalue weighted by atomic mass is 10.0. The van der Waals surface area contributed by atoms with Gasteiger partial charge < -0.3 is 10.4 Å². The highest BCUT2D eigenvalue weighted by Gasteiger charge is 2.17. The van der Waals surface area contributed by atoms with Gasteiger partial charge in [-0.15, -0.1) is 0 Å². The number of halogens is 2. The van der Waals surface area contributed by atoms with Crippen LogP contribution >= 0.6 is 23.2 Å². The van der Waals surface area contributed by atoms with Crippen molar-refractivity contribution in [1.29, 1.82) is 0 Å².